The minimum absolute atomic E-state index is 0.937. The molecule has 0 amide bonds. The zero-order valence-corrected chi connectivity index (χ0v) is 18.7. The third-order valence-corrected chi connectivity index (χ3v) is 10.4. The van der Waals surface area contributed by atoms with Crippen molar-refractivity contribution in [1.82, 2.24) is 4.98 Å². The van der Waals surface area contributed by atoms with E-state index in [0.29, 0.717) is 0 Å². The van der Waals surface area contributed by atoms with Gasteiger partial charge >= 0.3 is 0 Å². The van der Waals surface area contributed by atoms with Gasteiger partial charge in [-0.2, -0.15) is 0 Å². The van der Waals surface area contributed by atoms with Crippen molar-refractivity contribution >= 4 is 31.8 Å². The number of nitrogens with one attached hydrogen (secondary N) is 1. The van der Waals surface area contributed by atoms with E-state index >= 15 is 0 Å². The topological polar surface area (TPSA) is 25.0 Å². The first-order chi connectivity index (χ1) is 16.4. The van der Waals surface area contributed by atoms with Gasteiger partial charge in [-0.25, -0.2) is 0 Å². The lowest BCUT2D eigenvalue weighted by Crippen LogP contribution is -2.11. The van der Waals surface area contributed by atoms with Crippen LogP contribution in [0.2, 0.25) is 0 Å². The molecule has 0 atom stereocenters. The summed E-state index contributed by atoms with van der Waals surface area (Å²) < 4.78 is 6.42. The number of aromatic amines is 1. The molecule has 1 N–H and O–H groups in total. The standard InChI is InChI=1S/C30H21NOS/c1-2-10-21(11-3-1)33(22-18-19-24-23-12-4-5-13-25(23)31-26(24)20-22)29-16-8-6-14-27(29)32-28-15-7-9-17-30(28)33/h1-20,31H. The minimum Gasteiger partial charge on any atom is -0.455 e. The second kappa shape index (κ2) is 7.03. The van der Waals surface area contributed by atoms with Crippen LogP contribution in [0.4, 0.5) is 0 Å². The zero-order chi connectivity index (χ0) is 21.8. The maximum absolute atomic E-state index is 6.42. The molecular formula is C30H21NOS. The van der Waals surface area contributed by atoms with Gasteiger partial charge in [0.05, 0.1) is 0 Å². The number of hydrogen-bond acceptors (Lipinski definition) is 1. The number of benzene rings is 5. The van der Waals surface area contributed by atoms with Crippen LogP contribution in [-0.2, 0) is 0 Å². The SMILES string of the molecule is c1ccc(S2(c3ccc4c(c3)[nH]c3ccccc34)c3ccccc3Oc3ccccc32)cc1. The highest BCUT2D eigenvalue weighted by Gasteiger charge is 2.40. The highest BCUT2D eigenvalue weighted by atomic mass is 32.3. The quantitative estimate of drug-likeness (QED) is 0.284. The van der Waals surface area contributed by atoms with Crippen LogP contribution in [0.1, 0.15) is 0 Å². The molecule has 1 aliphatic heterocycles. The Morgan fingerprint density at radius 2 is 1.09 bits per heavy atom. The van der Waals surface area contributed by atoms with Crippen molar-refractivity contribution in [2.24, 2.45) is 0 Å². The van der Waals surface area contributed by atoms with Crippen LogP contribution in [0.25, 0.3) is 21.8 Å². The Hall–Kier alpha value is -3.95. The second-order valence-electron chi connectivity index (χ2n) is 8.30. The number of hydrogen-bond donors (Lipinski definition) is 1. The molecule has 33 heavy (non-hydrogen) atoms. The van der Waals surface area contributed by atoms with E-state index in [4.69, 9.17) is 4.74 Å². The molecule has 0 saturated heterocycles. The molecule has 0 fully saturated rings. The maximum atomic E-state index is 6.42. The Morgan fingerprint density at radius 3 is 1.85 bits per heavy atom. The van der Waals surface area contributed by atoms with Gasteiger partial charge in [0.2, 0.25) is 0 Å². The molecule has 0 aliphatic carbocycles. The van der Waals surface area contributed by atoms with Crippen molar-refractivity contribution in [3.8, 4) is 11.5 Å². The van der Waals surface area contributed by atoms with E-state index in [-0.39, 0.29) is 0 Å². The van der Waals surface area contributed by atoms with Gasteiger partial charge in [-0.15, -0.1) is 10.0 Å². The number of ether oxygens (including phenoxy) is 1. The molecule has 0 spiro atoms. The molecule has 0 saturated carbocycles. The van der Waals surface area contributed by atoms with E-state index in [1.165, 1.54) is 35.9 Å². The van der Waals surface area contributed by atoms with Gasteiger partial charge in [-0.05, 0) is 54.6 Å². The van der Waals surface area contributed by atoms with Gasteiger partial charge < -0.3 is 9.72 Å². The molecule has 6 aromatic rings. The van der Waals surface area contributed by atoms with Crippen LogP contribution >= 0.6 is 10.0 Å². The molecule has 1 aliphatic rings. The average molecular weight is 444 g/mol. The zero-order valence-electron chi connectivity index (χ0n) is 17.9. The fourth-order valence-corrected chi connectivity index (χ4v) is 9.15. The normalized spacial score (nSPS) is 14.9. The second-order valence-corrected chi connectivity index (χ2v) is 11.3. The lowest BCUT2D eigenvalue weighted by molar-refractivity contribution is 0.452. The summed E-state index contributed by atoms with van der Waals surface area (Å²) in [5.41, 5.74) is 2.33. The van der Waals surface area contributed by atoms with Crippen molar-refractivity contribution in [3.63, 3.8) is 0 Å². The molecular weight excluding hydrogens is 422 g/mol. The Kier molecular flexibility index (Phi) is 3.96. The van der Waals surface area contributed by atoms with Crippen LogP contribution in [0.3, 0.4) is 0 Å². The molecule has 2 heterocycles. The summed E-state index contributed by atoms with van der Waals surface area (Å²) >= 11 is 0. The van der Waals surface area contributed by atoms with Gasteiger partial charge in [0.1, 0.15) is 11.5 Å². The molecule has 1 aromatic heterocycles. The van der Waals surface area contributed by atoms with Gasteiger partial charge in [0, 0.05) is 41.4 Å². The Morgan fingerprint density at radius 1 is 0.485 bits per heavy atom. The summed E-state index contributed by atoms with van der Waals surface area (Å²) in [6.45, 7) is 0. The van der Waals surface area contributed by atoms with Gasteiger partial charge in [0.15, 0.2) is 0 Å². The van der Waals surface area contributed by atoms with E-state index in [0.717, 1.165) is 17.0 Å². The van der Waals surface area contributed by atoms with Crippen LogP contribution < -0.4 is 4.74 Å². The monoisotopic (exact) mass is 443 g/mol. The molecule has 7 rings (SSSR count). The minimum atomic E-state index is -1.75. The van der Waals surface area contributed by atoms with Crippen molar-refractivity contribution in [3.05, 3.63) is 121 Å². The molecule has 3 heteroatoms. The average Bonchev–Trinajstić information content (AvgIpc) is 3.26. The highest BCUT2D eigenvalue weighted by Crippen LogP contribution is 2.79. The summed E-state index contributed by atoms with van der Waals surface area (Å²) in [6.07, 6.45) is 0. The first kappa shape index (κ1) is 18.6. The number of fused-ring (bicyclic) bond motifs is 5. The van der Waals surface area contributed by atoms with Crippen LogP contribution in [0.5, 0.6) is 11.5 Å². The fraction of sp³-hybridized carbons (Fsp3) is 0. The van der Waals surface area contributed by atoms with E-state index in [9.17, 15) is 0 Å². The van der Waals surface area contributed by atoms with Crippen molar-refractivity contribution in [1.29, 1.82) is 0 Å². The lowest BCUT2D eigenvalue weighted by Gasteiger charge is -2.45. The maximum Gasteiger partial charge on any atom is 0.140 e. The van der Waals surface area contributed by atoms with E-state index in [1.54, 1.807) is 0 Å². The Bertz CT molecular complexity index is 1610. The van der Waals surface area contributed by atoms with E-state index < -0.39 is 10.0 Å². The highest BCUT2D eigenvalue weighted by molar-refractivity contribution is 8.34. The summed E-state index contributed by atoms with van der Waals surface area (Å²) in [4.78, 5) is 8.75. The van der Waals surface area contributed by atoms with Crippen molar-refractivity contribution in [2.75, 3.05) is 0 Å². The van der Waals surface area contributed by atoms with Crippen LogP contribution in [0, 0.1) is 0 Å². The van der Waals surface area contributed by atoms with Gasteiger partial charge in [-0.1, -0.05) is 66.7 Å². The molecule has 2 nitrogen and oxygen atoms in total. The molecule has 5 aromatic carbocycles. The van der Waals surface area contributed by atoms with Crippen LogP contribution in [0.15, 0.2) is 141 Å². The van der Waals surface area contributed by atoms with Crippen LogP contribution in [-0.4, -0.2) is 4.98 Å². The summed E-state index contributed by atoms with van der Waals surface area (Å²) in [7, 11) is -1.75. The summed E-state index contributed by atoms with van der Waals surface area (Å²) in [5.74, 6) is 1.87. The van der Waals surface area contributed by atoms with Gasteiger partial charge in [0.25, 0.3) is 0 Å². The van der Waals surface area contributed by atoms with E-state index in [1.807, 2.05) is 0 Å². The first-order valence-corrected chi connectivity index (χ1v) is 12.7. The van der Waals surface area contributed by atoms with Gasteiger partial charge in [-0.3, -0.25) is 0 Å². The van der Waals surface area contributed by atoms with Crippen molar-refractivity contribution < 1.29 is 4.74 Å². The Balaban J connectivity index is 1.63. The number of para-hydroxylation sites is 3. The lowest BCUT2D eigenvalue weighted by atomic mass is 10.1. The fourth-order valence-electron chi connectivity index (χ4n) is 5.10. The molecule has 0 radical (unpaired) electrons. The molecule has 0 unspecified atom stereocenters. The number of rotatable bonds is 2. The summed E-state index contributed by atoms with van der Waals surface area (Å²) in [5, 5.41) is 2.51. The largest absolute Gasteiger partial charge is 0.455 e. The number of H-pyrrole nitrogens is 1. The third-order valence-electron chi connectivity index (χ3n) is 6.51. The summed E-state index contributed by atoms with van der Waals surface area (Å²) in [6, 6.07) is 43.4. The smallest absolute Gasteiger partial charge is 0.140 e. The number of aromatic nitrogens is 1. The molecule has 158 valence electrons. The van der Waals surface area contributed by atoms with Crippen molar-refractivity contribution in [2.45, 2.75) is 19.6 Å². The first-order valence-electron chi connectivity index (χ1n) is 11.1. The Labute approximate surface area is 193 Å². The predicted molar refractivity (Wildman–Crippen MR) is 136 cm³/mol. The third kappa shape index (κ3) is 2.57. The predicted octanol–water partition coefficient (Wildman–Crippen LogP) is 8.77. The van der Waals surface area contributed by atoms with E-state index in [2.05, 4.69) is 126 Å². The molecule has 0 bridgehead atoms.